The zero-order valence-electron chi connectivity index (χ0n) is 18.4. The third kappa shape index (κ3) is 4.68. The third-order valence-electron chi connectivity index (χ3n) is 6.17. The van der Waals surface area contributed by atoms with Gasteiger partial charge in [-0.25, -0.2) is 0 Å². The number of carbonyl (C=O) groups excluding carboxylic acids is 2. The van der Waals surface area contributed by atoms with Crippen LogP contribution in [0, 0.1) is 0 Å². The van der Waals surface area contributed by atoms with Crippen LogP contribution in [0.15, 0.2) is 12.3 Å². The molecule has 3 rings (SSSR count). The van der Waals surface area contributed by atoms with Crippen molar-refractivity contribution in [2.24, 2.45) is 0 Å². The van der Waals surface area contributed by atoms with Gasteiger partial charge in [-0.05, 0) is 53.0 Å². The van der Waals surface area contributed by atoms with Crippen LogP contribution in [0.2, 0.25) is 0 Å². The largest absolute Gasteiger partial charge is 0.388 e. The summed E-state index contributed by atoms with van der Waals surface area (Å²) in [6.45, 7) is 9.61. The number of nitrogens with zero attached hydrogens (tertiary/aromatic N) is 3. The number of rotatable bonds is 6. The number of piperidine rings is 1. The van der Waals surface area contributed by atoms with Gasteiger partial charge in [0.1, 0.15) is 18.4 Å². The summed E-state index contributed by atoms with van der Waals surface area (Å²) >= 11 is 0. The highest BCUT2D eigenvalue weighted by atomic mass is 16.5. The van der Waals surface area contributed by atoms with E-state index in [1.165, 1.54) is 0 Å². The van der Waals surface area contributed by atoms with Crippen molar-refractivity contribution >= 4 is 11.8 Å². The molecule has 30 heavy (non-hydrogen) atoms. The molecule has 9 heteroatoms. The molecule has 2 saturated heterocycles. The van der Waals surface area contributed by atoms with E-state index in [2.05, 4.69) is 10.4 Å². The summed E-state index contributed by atoms with van der Waals surface area (Å²) < 4.78 is 13.2. The zero-order chi connectivity index (χ0) is 21.9. The first kappa shape index (κ1) is 22.7. The third-order valence-corrected chi connectivity index (χ3v) is 6.17. The standard InChI is InChI=1S/C21H34N4O5/c1-5-25-10-6-16(23-25)18(27)24-11-7-21(8-12-24)19(28)20(4,9-13-30-21)22-17(26)14-29-15(2)3/h6,10,15,19,28H,5,7-9,11-14H2,1-4H3,(H,22,26)/t19-,20+/m0/s1. The molecule has 3 heterocycles. The Hall–Kier alpha value is -1.97. The fourth-order valence-electron chi connectivity index (χ4n) is 4.31. The number of nitrogens with one attached hydrogen (secondary N) is 1. The van der Waals surface area contributed by atoms with E-state index in [1.807, 2.05) is 27.7 Å². The van der Waals surface area contributed by atoms with Gasteiger partial charge in [0.15, 0.2) is 0 Å². The Balaban J connectivity index is 1.62. The molecule has 2 amide bonds. The van der Waals surface area contributed by atoms with Crippen molar-refractivity contribution < 1.29 is 24.2 Å². The van der Waals surface area contributed by atoms with Gasteiger partial charge in [-0.3, -0.25) is 14.3 Å². The van der Waals surface area contributed by atoms with Crippen LogP contribution >= 0.6 is 0 Å². The van der Waals surface area contributed by atoms with Crippen molar-refractivity contribution in [1.82, 2.24) is 20.0 Å². The lowest BCUT2D eigenvalue weighted by Gasteiger charge is -2.53. The molecule has 0 saturated carbocycles. The van der Waals surface area contributed by atoms with Crippen molar-refractivity contribution in [3.63, 3.8) is 0 Å². The maximum absolute atomic E-state index is 12.8. The number of amides is 2. The van der Waals surface area contributed by atoms with Gasteiger partial charge in [0.25, 0.3) is 5.91 Å². The summed E-state index contributed by atoms with van der Waals surface area (Å²) in [6, 6.07) is 1.73. The number of aryl methyl sites for hydroxylation is 1. The lowest BCUT2D eigenvalue weighted by Crippen LogP contribution is -2.69. The van der Waals surface area contributed by atoms with Crippen molar-refractivity contribution in [2.45, 2.75) is 76.9 Å². The number of aromatic nitrogens is 2. The predicted octanol–water partition coefficient (Wildman–Crippen LogP) is 0.959. The zero-order valence-corrected chi connectivity index (χ0v) is 18.4. The van der Waals surface area contributed by atoms with Gasteiger partial charge in [0, 0.05) is 32.4 Å². The van der Waals surface area contributed by atoms with Crippen molar-refractivity contribution in [1.29, 1.82) is 0 Å². The highest BCUT2D eigenvalue weighted by Gasteiger charge is 2.54. The molecule has 0 aliphatic carbocycles. The van der Waals surface area contributed by atoms with Gasteiger partial charge in [0.05, 0.1) is 17.2 Å². The first-order chi connectivity index (χ1) is 14.2. The molecule has 1 spiro atoms. The minimum Gasteiger partial charge on any atom is -0.388 e. The Bertz CT molecular complexity index is 756. The van der Waals surface area contributed by atoms with Gasteiger partial charge in [-0.2, -0.15) is 5.10 Å². The average molecular weight is 423 g/mol. The Morgan fingerprint density at radius 2 is 2.07 bits per heavy atom. The van der Waals surface area contributed by atoms with E-state index in [0.717, 1.165) is 0 Å². The molecule has 168 valence electrons. The minimum atomic E-state index is -0.877. The van der Waals surface area contributed by atoms with E-state index >= 15 is 0 Å². The maximum atomic E-state index is 12.8. The molecular formula is C21H34N4O5. The normalized spacial score (nSPS) is 26.2. The van der Waals surface area contributed by atoms with Gasteiger partial charge in [0.2, 0.25) is 5.91 Å². The number of hydrogen-bond donors (Lipinski definition) is 2. The number of hydrogen-bond acceptors (Lipinski definition) is 6. The molecule has 0 unspecified atom stereocenters. The van der Waals surface area contributed by atoms with Crippen molar-refractivity contribution in [2.75, 3.05) is 26.3 Å². The summed E-state index contributed by atoms with van der Waals surface area (Å²) in [7, 11) is 0. The van der Waals surface area contributed by atoms with Gasteiger partial charge in [-0.1, -0.05) is 0 Å². The molecule has 2 aliphatic rings. The summed E-state index contributed by atoms with van der Waals surface area (Å²) in [5, 5.41) is 18.5. The summed E-state index contributed by atoms with van der Waals surface area (Å²) in [5.74, 6) is -0.356. The Labute approximate surface area is 177 Å². The molecular weight excluding hydrogens is 388 g/mol. The van der Waals surface area contributed by atoms with Crippen LogP contribution < -0.4 is 5.32 Å². The molecule has 1 aromatic heterocycles. The van der Waals surface area contributed by atoms with Gasteiger partial charge in [-0.15, -0.1) is 0 Å². The molecule has 0 radical (unpaired) electrons. The molecule has 1 aromatic rings. The summed E-state index contributed by atoms with van der Waals surface area (Å²) in [5.41, 5.74) is -1.15. The topological polar surface area (TPSA) is 106 Å². The molecule has 0 bridgehead atoms. The van der Waals surface area contributed by atoms with Crippen LogP contribution in [0.25, 0.3) is 0 Å². The number of ether oxygens (including phenoxy) is 2. The Kier molecular flexibility index (Phi) is 6.84. The van der Waals surface area contributed by atoms with Crippen LogP contribution in [0.4, 0.5) is 0 Å². The second-order valence-corrected chi connectivity index (χ2v) is 8.74. The van der Waals surface area contributed by atoms with E-state index in [4.69, 9.17) is 9.47 Å². The first-order valence-corrected chi connectivity index (χ1v) is 10.8. The second kappa shape index (κ2) is 9.03. The SMILES string of the molecule is CCn1ccc(C(=O)N2CCC3(CC2)OCC[C@@](C)(NC(=O)COC(C)C)[C@@H]3O)n1. The first-order valence-electron chi connectivity index (χ1n) is 10.8. The lowest BCUT2D eigenvalue weighted by molar-refractivity contribution is -0.206. The van der Waals surface area contributed by atoms with E-state index in [9.17, 15) is 14.7 Å². The lowest BCUT2D eigenvalue weighted by atomic mass is 9.73. The number of aliphatic hydroxyl groups excluding tert-OH is 1. The number of likely N-dealkylation sites (tertiary alicyclic amines) is 1. The molecule has 2 atom stereocenters. The van der Waals surface area contributed by atoms with Gasteiger partial charge < -0.3 is 24.8 Å². The minimum absolute atomic E-state index is 0.0412. The Morgan fingerprint density at radius 1 is 1.37 bits per heavy atom. The quantitative estimate of drug-likeness (QED) is 0.707. The van der Waals surface area contributed by atoms with Crippen LogP contribution in [-0.2, 0) is 20.8 Å². The van der Waals surface area contributed by atoms with Gasteiger partial charge >= 0.3 is 0 Å². The summed E-state index contributed by atoms with van der Waals surface area (Å²) in [6.07, 6.45) is 2.40. The fraction of sp³-hybridized carbons (Fsp3) is 0.762. The number of carbonyl (C=O) groups is 2. The highest BCUT2D eigenvalue weighted by Crippen LogP contribution is 2.40. The van der Waals surface area contributed by atoms with Crippen molar-refractivity contribution in [3.8, 4) is 0 Å². The average Bonchev–Trinajstić information content (AvgIpc) is 3.20. The van der Waals surface area contributed by atoms with E-state index in [-0.39, 0.29) is 24.5 Å². The summed E-state index contributed by atoms with van der Waals surface area (Å²) in [4.78, 5) is 26.8. The predicted molar refractivity (Wildman–Crippen MR) is 110 cm³/mol. The van der Waals surface area contributed by atoms with Crippen LogP contribution in [0.1, 0.15) is 57.4 Å². The van der Waals surface area contributed by atoms with Crippen LogP contribution in [0.5, 0.6) is 0 Å². The second-order valence-electron chi connectivity index (χ2n) is 8.74. The fourth-order valence-corrected chi connectivity index (χ4v) is 4.31. The molecule has 2 N–H and O–H groups in total. The molecule has 0 aromatic carbocycles. The van der Waals surface area contributed by atoms with Crippen LogP contribution in [-0.4, -0.2) is 81.3 Å². The molecule has 2 fully saturated rings. The van der Waals surface area contributed by atoms with E-state index in [0.29, 0.717) is 51.2 Å². The monoisotopic (exact) mass is 422 g/mol. The Morgan fingerprint density at radius 3 is 2.67 bits per heavy atom. The van der Waals surface area contributed by atoms with E-state index < -0.39 is 17.2 Å². The number of aliphatic hydroxyl groups is 1. The molecule has 2 aliphatic heterocycles. The van der Waals surface area contributed by atoms with Crippen LogP contribution in [0.3, 0.4) is 0 Å². The maximum Gasteiger partial charge on any atom is 0.274 e. The molecule has 9 nitrogen and oxygen atoms in total. The van der Waals surface area contributed by atoms with E-state index in [1.54, 1.807) is 21.8 Å². The highest BCUT2D eigenvalue weighted by molar-refractivity contribution is 5.92. The van der Waals surface area contributed by atoms with Crippen molar-refractivity contribution in [3.05, 3.63) is 18.0 Å². The smallest absolute Gasteiger partial charge is 0.274 e.